The van der Waals surface area contributed by atoms with E-state index in [0.29, 0.717) is 29.4 Å². The Morgan fingerprint density at radius 3 is 2.22 bits per heavy atom. The summed E-state index contributed by atoms with van der Waals surface area (Å²) >= 11 is 0. The molecule has 6 heteroatoms. The average Bonchev–Trinajstić information content (AvgIpc) is 2.73. The average molecular weight is 435 g/mol. The van der Waals surface area contributed by atoms with Crippen LogP contribution in [-0.4, -0.2) is 24.1 Å². The van der Waals surface area contributed by atoms with Gasteiger partial charge in [0.25, 0.3) is 0 Å². The molecule has 4 aliphatic rings. The second kappa shape index (κ2) is 8.49. The van der Waals surface area contributed by atoms with Crippen molar-refractivity contribution >= 4 is 17.7 Å². The van der Waals surface area contributed by atoms with Gasteiger partial charge < -0.3 is 20.1 Å². The van der Waals surface area contributed by atoms with Crippen LogP contribution in [0.25, 0.3) is 0 Å². The number of amides is 2. The van der Waals surface area contributed by atoms with Gasteiger partial charge in [-0.3, -0.25) is 0 Å². The van der Waals surface area contributed by atoms with Crippen molar-refractivity contribution < 1.29 is 19.1 Å². The van der Waals surface area contributed by atoms with Crippen LogP contribution in [0.4, 0.5) is 10.5 Å². The Morgan fingerprint density at radius 2 is 1.59 bits per heavy atom. The van der Waals surface area contributed by atoms with Crippen LogP contribution in [0.3, 0.4) is 0 Å². The standard InChI is InChI=1S/C26H30N2O4/c1-2-31-24(29)20-6-8-22(9-7-20)32-23-5-3-4-21(13-23)27-25(30)28-26-14-17-10-18(15-26)12-19(11-17)16-26/h3-9,13,17-19H,2,10-12,14-16H2,1H3,(H2,27,28,30). The van der Waals surface area contributed by atoms with Crippen molar-refractivity contribution in [2.24, 2.45) is 17.8 Å². The lowest BCUT2D eigenvalue weighted by Gasteiger charge is -2.56. The van der Waals surface area contributed by atoms with Crippen LogP contribution in [-0.2, 0) is 4.74 Å². The molecule has 168 valence electrons. The lowest BCUT2D eigenvalue weighted by atomic mass is 9.53. The first-order chi connectivity index (χ1) is 15.5. The Bertz CT molecular complexity index is 966. The highest BCUT2D eigenvalue weighted by atomic mass is 16.5. The van der Waals surface area contributed by atoms with E-state index in [-0.39, 0.29) is 17.5 Å². The third kappa shape index (κ3) is 4.45. The first-order valence-electron chi connectivity index (χ1n) is 11.6. The van der Waals surface area contributed by atoms with Crippen molar-refractivity contribution in [3.63, 3.8) is 0 Å². The maximum atomic E-state index is 12.8. The minimum Gasteiger partial charge on any atom is -0.462 e. The molecule has 6 nitrogen and oxygen atoms in total. The molecule has 0 aliphatic heterocycles. The maximum absolute atomic E-state index is 12.8. The summed E-state index contributed by atoms with van der Waals surface area (Å²) in [5.74, 6) is 3.22. The molecule has 0 heterocycles. The van der Waals surface area contributed by atoms with Crippen LogP contribution in [0, 0.1) is 17.8 Å². The van der Waals surface area contributed by atoms with Crippen LogP contribution in [0.1, 0.15) is 55.8 Å². The van der Waals surface area contributed by atoms with Crippen LogP contribution in [0.2, 0.25) is 0 Å². The van der Waals surface area contributed by atoms with E-state index in [1.807, 2.05) is 18.2 Å². The largest absolute Gasteiger partial charge is 0.462 e. The Hall–Kier alpha value is -3.02. The molecule has 32 heavy (non-hydrogen) atoms. The van der Waals surface area contributed by atoms with Crippen LogP contribution < -0.4 is 15.4 Å². The number of benzene rings is 2. The third-order valence-electron chi connectivity index (χ3n) is 7.11. The van der Waals surface area contributed by atoms with E-state index in [1.165, 1.54) is 19.3 Å². The second-order valence-corrected chi connectivity index (χ2v) is 9.65. The third-order valence-corrected chi connectivity index (χ3v) is 7.11. The quantitative estimate of drug-likeness (QED) is 0.568. The van der Waals surface area contributed by atoms with Gasteiger partial charge in [0.15, 0.2) is 0 Å². The zero-order valence-electron chi connectivity index (χ0n) is 18.4. The van der Waals surface area contributed by atoms with Gasteiger partial charge in [0.05, 0.1) is 12.2 Å². The molecule has 6 rings (SSSR count). The number of carbonyl (C=O) groups is 2. The number of hydrogen-bond acceptors (Lipinski definition) is 4. The van der Waals surface area contributed by atoms with Gasteiger partial charge in [0, 0.05) is 17.3 Å². The normalized spacial score (nSPS) is 27.6. The van der Waals surface area contributed by atoms with Crippen molar-refractivity contribution in [3.05, 3.63) is 54.1 Å². The molecule has 4 aliphatic carbocycles. The van der Waals surface area contributed by atoms with Gasteiger partial charge in [0.1, 0.15) is 11.5 Å². The molecular weight excluding hydrogens is 404 g/mol. The van der Waals surface area contributed by atoms with Crippen LogP contribution >= 0.6 is 0 Å². The van der Waals surface area contributed by atoms with Gasteiger partial charge in [-0.1, -0.05) is 6.07 Å². The monoisotopic (exact) mass is 434 g/mol. The zero-order chi connectivity index (χ0) is 22.1. The van der Waals surface area contributed by atoms with E-state index < -0.39 is 0 Å². The number of carbonyl (C=O) groups excluding carboxylic acids is 2. The predicted octanol–water partition coefficient (Wildman–Crippen LogP) is 5.75. The molecule has 0 atom stereocenters. The van der Waals surface area contributed by atoms with Crippen molar-refractivity contribution in [1.82, 2.24) is 5.32 Å². The number of nitrogens with one attached hydrogen (secondary N) is 2. The van der Waals surface area contributed by atoms with Crippen molar-refractivity contribution in [2.45, 2.75) is 51.0 Å². The van der Waals surface area contributed by atoms with E-state index >= 15 is 0 Å². The fourth-order valence-corrected chi connectivity index (χ4v) is 6.31. The molecule has 2 aromatic rings. The lowest BCUT2D eigenvalue weighted by Crippen LogP contribution is -2.60. The summed E-state index contributed by atoms with van der Waals surface area (Å²) in [4.78, 5) is 24.6. The highest BCUT2D eigenvalue weighted by Crippen LogP contribution is 2.55. The van der Waals surface area contributed by atoms with Crippen molar-refractivity contribution in [1.29, 1.82) is 0 Å². The first kappa shape index (κ1) is 20.9. The van der Waals surface area contributed by atoms with Gasteiger partial charge in [-0.25, -0.2) is 9.59 Å². The van der Waals surface area contributed by atoms with Crippen molar-refractivity contribution in [2.75, 3.05) is 11.9 Å². The van der Waals surface area contributed by atoms with E-state index in [4.69, 9.17) is 9.47 Å². The second-order valence-electron chi connectivity index (χ2n) is 9.65. The Labute approximate surface area is 188 Å². The molecule has 2 N–H and O–H groups in total. The first-order valence-corrected chi connectivity index (χ1v) is 11.6. The van der Waals surface area contributed by atoms with Gasteiger partial charge in [-0.05, 0) is 99.6 Å². The summed E-state index contributed by atoms with van der Waals surface area (Å²) in [5.41, 5.74) is 1.15. The topological polar surface area (TPSA) is 76.7 Å². The van der Waals surface area contributed by atoms with Crippen LogP contribution in [0.5, 0.6) is 11.5 Å². The smallest absolute Gasteiger partial charge is 0.338 e. The van der Waals surface area contributed by atoms with Gasteiger partial charge >= 0.3 is 12.0 Å². The fourth-order valence-electron chi connectivity index (χ4n) is 6.31. The molecule has 2 amide bonds. The number of urea groups is 1. The molecular formula is C26H30N2O4. The highest BCUT2D eigenvalue weighted by molar-refractivity contribution is 5.90. The highest BCUT2D eigenvalue weighted by Gasteiger charge is 2.51. The Kier molecular flexibility index (Phi) is 5.53. The molecule has 0 radical (unpaired) electrons. The van der Waals surface area contributed by atoms with E-state index in [2.05, 4.69) is 10.6 Å². The number of ether oxygens (including phenoxy) is 2. The molecule has 0 saturated heterocycles. The summed E-state index contributed by atoms with van der Waals surface area (Å²) in [6.07, 6.45) is 7.42. The summed E-state index contributed by atoms with van der Waals surface area (Å²) in [7, 11) is 0. The van der Waals surface area contributed by atoms with Gasteiger partial charge in [-0.15, -0.1) is 0 Å². The number of esters is 1. The summed E-state index contributed by atoms with van der Waals surface area (Å²) < 4.78 is 10.9. The molecule has 4 saturated carbocycles. The van der Waals surface area contributed by atoms with Crippen molar-refractivity contribution in [3.8, 4) is 11.5 Å². The summed E-state index contributed by atoms with van der Waals surface area (Å²) in [6.45, 7) is 2.12. The minimum absolute atomic E-state index is 0.0202. The summed E-state index contributed by atoms with van der Waals surface area (Å²) in [6, 6.07) is 14.0. The molecule has 0 spiro atoms. The zero-order valence-corrected chi connectivity index (χ0v) is 18.4. The summed E-state index contributed by atoms with van der Waals surface area (Å²) in [5, 5.41) is 6.32. The van der Waals surface area contributed by atoms with Gasteiger partial charge in [0.2, 0.25) is 0 Å². The molecule has 4 fully saturated rings. The predicted molar refractivity (Wildman–Crippen MR) is 122 cm³/mol. The Morgan fingerprint density at radius 1 is 0.938 bits per heavy atom. The molecule has 4 bridgehead atoms. The van der Waals surface area contributed by atoms with Gasteiger partial charge in [-0.2, -0.15) is 0 Å². The van der Waals surface area contributed by atoms with E-state index in [9.17, 15) is 9.59 Å². The minimum atomic E-state index is -0.352. The Balaban J connectivity index is 1.20. The molecule has 0 unspecified atom stereocenters. The number of hydrogen-bond donors (Lipinski definition) is 2. The van der Waals surface area contributed by atoms with E-state index in [0.717, 1.165) is 37.0 Å². The maximum Gasteiger partial charge on any atom is 0.338 e. The number of rotatable bonds is 6. The molecule has 2 aromatic carbocycles. The van der Waals surface area contributed by atoms with E-state index in [1.54, 1.807) is 37.3 Å². The lowest BCUT2D eigenvalue weighted by molar-refractivity contribution is -0.0127. The fraction of sp³-hybridized carbons (Fsp3) is 0.462. The van der Waals surface area contributed by atoms with Crippen LogP contribution in [0.15, 0.2) is 48.5 Å². The molecule has 0 aromatic heterocycles. The SMILES string of the molecule is CCOC(=O)c1ccc(Oc2cccc(NC(=O)NC34CC5CC(CC(C5)C3)C4)c2)cc1. The number of anilines is 1.